The number of rotatable bonds is 9. The SMILES string of the molecule is CCc1[nH]n2nc(C(C)CNCOc3ccccc3C)nc2c1Oc1ccc(C)cc1. The Bertz CT molecular complexity index is 1150. The van der Waals surface area contributed by atoms with Crippen molar-refractivity contribution < 1.29 is 9.47 Å². The number of aromatic nitrogens is 4. The van der Waals surface area contributed by atoms with Gasteiger partial charge in [-0.15, -0.1) is 9.73 Å². The van der Waals surface area contributed by atoms with E-state index in [0.29, 0.717) is 18.9 Å². The van der Waals surface area contributed by atoms with Crippen LogP contribution in [0.4, 0.5) is 0 Å². The van der Waals surface area contributed by atoms with E-state index in [1.54, 1.807) is 4.63 Å². The maximum absolute atomic E-state index is 6.17. The van der Waals surface area contributed by atoms with E-state index < -0.39 is 0 Å². The molecule has 7 heteroatoms. The highest BCUT2D eigenvalue weighted by atomic mass is 16.5. The quantitative estimate of drug-likeness (QED) is 0.302. The third-order valence-electron chi connectivity index (χ3n) is 5.25. The molecule has 0 spiro atoms. The largest absolute Gasteiger partial charge is 0.478 e. The first kappa shape index (κ1) is 20.9. The molecule has 0 aliphatic heterocycles. The summed E-state index contributed by atoms with van der Waals surface area (Å²) in [5.41, 5.74) is 3.99. The summed E-state index contributed by atoms with van der Waals surface area (Å²) in [4.78, 5) is 4.76. The van der Waals surface area contributed by atoms with Gasteiger partial charge in [0.1, 0.15) is 18.2 Å². The number of ether oxygens (including phenoxy) is 2. The first-order chi connectivity index (χ1) is 15.0. The highest BCUT2D eigenvalue weighted by Crippen LogP contribution is 2.30. The Balaban J connectivity index is 1.42. The standard InChI is InChI=1S/C24H29N5O2/c1-5-20-22(31-19-12-10-16(2)11-13-19)24-26-23(28-29(24)27-20)18(4)14-25-15-30-21-9-7-6-8-17(21)3/h6-13,18,25,27H,5,14-15H2,1-4H3. The van der Waals surface area contributed by atoms with Crippen LogP contribution >= 0.6 is 0 Å². The maximum Gasteiger partial charge on any atom is 0.218 e. The lowest BCUT2D eigenvalue weighted by Gasteiger charge is -2.12. The van der Waals surface area contributed by atoms with Crippen LogP contribution in [0.15, 0.2) is 48.5 Å². The molecule has 2 N–H and O–H groups in total. The molecule has 31 heavy (non-hydrogen) atoms. The maximum atomic E-state index is 6.17. The van der Waals surface area contributed by atoms with Gasteiger partial charge in [0.05, 0.1) is 5.69 Å². The Morgan fingerprint density at radius 3 is 2.61 bits per heavy atom. The summed E-state index contributed by atoms with van der Waals surface area (Å²) in [6, 6.07) is 16.0. The van der Waals surface area contributed by atoms with Gasteiger partial charge in [-0.2, -0.15) is 0 Å². The highest BCUT2D eigenvalue weighted by molar-refractivity contribution is 5.57. The summed E-state index contributed by atoms with van der Waals surface area (Å²) >= 11 is 0. The van der Waals surface area contributed by atoms with Crippen molar-refractivity contribution in [3.63, 3.8) is 0 Å². The molecule has 0 amide bonds. The fourth-order valence-electron chi connectivity index (χ4n) is 3.36. The smallest absolute Gasteiger partial charge is 0.218 e. The molecule has 1 atom stereocenters. The number of aromatic amines is 1. The van der Waals surface area contributed by atoms with Crippen molar-refractivity contribution in [1.29, 1.82) is 0 Å². The van der Waals surface area contributed by atoms with E-state index in [1.807, 2.05) is 55.5 Å². The van der Waals surface area contributed by atoms with E-state index >= 15 is 0 Å². The topological polar surface area (TPSA) is 76.5 Å². The van der Waals surface area contributed by atoms with Crippen LogP contribution in [0, 0.1) is 13.8 Å². The average Bonchev–Trinajstić information content (AvgIpc) is 3.32. The predicted molar refractivity (Wildman–Crippen MR) is 121 cm³/mol. The molecule has 0 radical (unpaired) electrons. The van der Waals surface area contributed by atoms with E-state index in [4.69, 9.17) is 14.5 Å². The van der Waals surface area contributed by atoms with Crippen molar-refractivity contribution in [3.05, 3.63) is 71.2 Å². The van der Waals surface area contributed by atoms with Crippen LogP contribution in [0.1, 0.15) is 42.4 Å². The van der Waals surface area contributed by atoms with E-state index in [-0.39, 0.29) is 5.92 Å². The van der Waals surface area contributed by atoms with Gasteiger partial charge >= 0.3 is 0 Å². The van der Waals surface area contributed by atoms with E-state index in [1.165, 1.54) is 5.56 Å². The highest BCUT2D eigenvalue weighted by Gasteiger charge is 2.20. The number of fused-ring (bicyclic) bond motifs is 1. The van der Waals surface area contributed by atoms with Gasteiger partial charge in [-0.1, -0.05) is 49.7 Å². The molecule has 0 aliphatic carbocycles. The van der Waals surface area contributed by atoms with Crippen LogP contribution in [0.5, 0.6) is 17.2 Å². The van der Waals surface area contributed by atoms with Gasteiger partial charge in [0.15, 0.2) is 11.6 Å². The fourth-order valence-corrected chi connectivity index (χ4v) is 3.36. The minimum Gasteiger partial charge on any atom is -0.478 e. The number of nitrogens with one attached hydrogen (secondary N) is 2. The molecular formula is C24H29N5O2. The van der Waals surface area contributed by atoms with Gasteiger partial charge in [-0.3, -0.25) is 10.4 Å². The number of H-pyrrole nitrogens is 1. The van der Waals surface area contributed by atoms with Crippen molar-refractivity contribution in [1.82, 2.24) is 25.1 Å². The zero-order chi connectivity index (χ0) is 21.8. The van der Waals surface area contributed by atoms with Crippen LogP contribution in [0.3, 0.4) is 0 Å². The van der Waals surface area contributed by atoms with Crippen molar-refractivity contribution in [2.24, 2.45) is 0 Å². The van der Waals surface area contributed by atoms with Crippen molar-refractivity contribution in [2.45, 2.75) is 40.0 Å². The van der Waals surface area contributed by atoms with Gasteiger partial charge in [-0.05, 0) is 44.0 Å². The summed E-state index contributed by atoms with van der Waals surface area (Å²) in [6.45, 7) is 9.40. The predicted octanol–water partition coefficient (Wildman–Crippen LogP) is 4.76. The first-order valence-corrected chi connectivity index (χ1v) is 10.7. The summed E-state index contributed by atoms with van der Waals surface area (Å²) in [5, 5.41) is 11.3. The minimum absolute atomic E-state index is 0.117. The molecule has 0 aliphatic rings. The van der Waals surface area contributed by atoms with Crippen LogP contribution in [-0.4, -0.2) is 33.1 Å². The van der Waals surface area contributed by atoms with Gasteiger partial charge < -0.3 is 9.47 Å². The van der Waals surface area contributed by atoms with Gasteiger partial charge in [-0.25, -0.2) is 4.98 Å². The number of aryl methyl sites for hydroxylation is 3. The zero-order valence-electron chi connectivity index (χ0n) is 18.5. The summed E-state index contributed by atoms with van der Waals surface area (Å²) in [5.74, 6) is 3.28. The molecule has 4 aromatic rings. The van der Waals surface area contributed by atoms with E-state index in [2.05, 4.69) is 36.3 Å². The molecule has 2 aromatic heterocycles. The van der Waals surface area contributed by atoms with Crippen molar-refractivity contribution >= 4 is 5.65 Å². The monoisotopic (exact) mass is 419 g/mol. The number of nitrogens with zero attached hydrogens (tertiary/aromatic N) is 3. The lowest BCUT2D eigenvalue weighted by molar-refractivity contribution is 0.278. The van der Waals surface area contributed by atoms with Gasteiger partial charge in [0, 0.05) is 12.5 Å². The van der Waals surface area contributed by atoms with E-state index in [9.17, 15) is 0 Å². The molecule has 0 bridgehead atoms. The Labute approximate surface area is 182 Å². The summed E-state index contributed by atoms with van der Waals surface area (Å²) in [6.07, 6.45) is 0.801. The molecule has 2 aromatic carbocycles. The Morgan fingerprint density at radius 2 is 1.87 bits per heavy atom. The number of hydrogen-bond donors (Lipinski definition) is 2. The number of benzene rings is 2. The van der Waals surface area contributed by atoms with Crippen molar-refractivity contribution in [2.75, 3.05) is 13.3 Å². The Morgan fingerprint density at radius 1 is 1.10 bits per heavy atom. The molecule has 0 fully saturated rings. The normalized spacial score (nSPS) is 12.3. The third-order valence-corrected chi connectivity index (χ3v) is 5.25. The number of hydrogen-bond acceptors (Lipinski definition) is 5. The molecular weight excluding hydrogens is 390 g/mol. The molecule has 4 rings (SSSR count). The summed E-state index contributed by atoms with van der Waals surface area (Å²) < 4.78 is 13.7. The summed E-state index contributed by atoms with van der Waals surface area (Å²) in [7, 11) is 0. The number of para-hydroxylation sites is 1. The first-order valence-electron chi connectivity index (χ1n) is 10.7. The zero-order valence-corrected chi connectivity index (χ0v) is 18.5. The van der Waals surface area contributed by atoms with Crippen LogP contribution in [0.25, 0.3) is 5.65 Å². The van der Waals surface area contributed by atoms with Gasteiger partial charge in [0.2, 0.25) is 5.65 Å². The second kappa shape index (κ2) is 9.22. The molecule has 7 nitrogen and oxygen atoms in total. The fraction of sp³-hybridized carbons (Fsp3) is 0.333. The Kier molecular flexibility index (Phi) is 6.23. The van der Waals surface area contributed by atoms with Gasteiger partial charge in [0.25, 0.3) is 0 Å². The minimum atomic E-state index is 0.117. The molecule has 2 heterocycles. The van der Waals surface area contributed by atoms with E-state index in [0.717, 1.165) is 40.8 Å². The Hall–Kier alpha value is -3.32. The van der Waals surface area contributed by atoms with Crippen LogP contribution in [0.2, 0.25) is 0 Å². The second-order valence-electron chi connectivity index (χ2n) is 7.80. The van der Waals surface area contributed by atoms with Crippen LogP contribution in [-0.2, 0) is 6.42 Å². The molecule has 1 unspecified atom stereocenters. The second-order valence-corrected chi connectivity index (χ2v) is 7.80. The lowest BCUT2D eigenvalue weighted by Crippen LogP contribution is -2.25. The molecule has 162 valence electrons. The molecule has 0 saturated heterocycles. The molecule has 0 saturated carbocycles. The lowest BCUT2D eigenvalue weighted by atomic mass is 10.2. The average molecular weight is 420 g/mol. The van der Waals surface area contributed by atoms with Crippen LogP contribution < -0.4 is 14.8 Å². The third kappa shape index (κ3) is 4.72. The van der Waals surface area contributed by atoms with Crippen molar-refractivity contribution in [3.8, 4) is 17.2 Å².